The first-order valence-corrected chi connectivity index (χ1v) is 10.1. The molecule has 0 saturated carbocycles. The van der Waals surface area contributed by atoms with Gasteiger partial charge in [-0.05, 0) is 38.1 Å². The molecule has 0 spiro atoms. The average molecular weight is 397 g/mol. The van der Waals surface area contributed by atoms with Crippen LogP contribution in [0.15, 0.2) is 42.7 Å². The van der Waals surface area contributed by atoms with E-state index < -0.39 is 6.10 Å². The molecule has 2 aliphatic heterocycles. The average Bonchev–Trinajstić information content (AvgIpc) is 2.77. The maximum absolute atomic E-state index is 12.5. The molecular weight excluding hydrogens is 370 g/mol. The third-order valence-corrected chi connectivity index (χ3v) is 5.26. The van der Waals surface area contributed by atoms with Gasteiger partial charge in [0.1, 0.15) is 6.10 Å². The van der Waals surface area contributed by atoms with Crippen molar-refractivity contribution in [2.24, 2.45) is 0 Å². The van der Waals surface area contributed by atoms with Gasteiger partial charge in [0.15, 0.2) is 11.5 Å². The van der Waals surface area contributed by atoms with E-state index in [1.165, 1.54) is 0 Å². The largest absolute Gasteiger partial charge is 0.482 e. The number of piperazine rings is 1. The summed E-state index contributed by atoms with van der Waals surface area (Å²) >= 11 is 0. The molecule has 1 N–H and O–H groups in total. The Balaban J connectivity index is 1.16. The number of fused-ring (bicyclic) bond motifs is 1. The highest BCUT2D eigenvalue weighted by molar-refractivity contribution is 5.82. The van der Waals surface area contributed by atoms with Gasteiger partial charge in [-0.25, -0.2) is 9.97 Å². The smallest absolute Gasteiger partial charge is 0.265 e. The van der Waals surface area contributed by atoms with Crippen LogP contribution in [0.25, 0.3) is 0 Å². The SMILES string of the molecule is CC1Oc2ccccc2OC1C(=O)NCCCN1CCN(c2ncccn2)CC1. The maximum Gasteiger partial charge on any atom is 0.265 e. The van der Waals surface area contributed by atoms with E-state index in [9.17, 15) is 4.79 Å². The number of amides is 1. The Morgan fingerprint density at radius 1 is 1.07 bits per heavy atom. The molecule has 1 fully saturated rings. The number of nitrogens with zero attached hydrogens (tertiary/aromatic N) is 4. The molecule has 2 atom stereocenters. The molecule has 2 unspecified atom stereocenters. The molecule has 1 amide bonds. The molecule has 4 rings (SSSR count). The first-order chi connectivity index (χ1) is 14.2. The molecule has 1 saturated heterocycles. The summed E-state index contributed by atoms with van der Waals surface area (Å²) < 4.78 is 11.6. The zero-order valence-electron chi connectivity index (χ0n) is 16.7. The first kappa shape index (κ1) is 19.4. The fourth-order valence-electron chi connectivity index (χ4n) is 3.65. The van der Waals surface area contributed by atoms with Crippen LogP contribution in [-0.2, 0) is 4.79 Å². The Bertz CT molecular complexity index is 811. The van der Waals surface area contributed by atoms with E-state index in [1.807, 2.05) is 37.3 Å². The third-order valence-electron chi connectivity index (χ3n) is 5.26. The molecule has 2 aliphatic rings. The topological polar surface area (TPSA) is 79.8 Å². The Morgan fingerprint density at radius 2 is 1.76 bits per heavy atom. The highest BCUT2D eigenvalue weighted by Crippen LogP contribution is 2.33. The first-order valence-electron chi connectivity index (χ1n) is 10.1. The van der Waals surface area contributed by atoms with Crippen LogP contribution in [0.5, 0.6) is 11.5 Å². The van der Waals surface area contributed by atoms with Crippen molar-refractivity contribution in [3.05, 3.63) is 42.7 Å². The molecule has 154 valence electrons. The highest BCUT2D eigenvalue weighted by atomic mass is 16.6. The molecule has 2 aromatic rings. The van der Waals surface area contributed by atoms with Gasteiger partial charge in [0.05, 0.1) is 0 Å². The fourth-order valence-corrected chi connectivity index (χ4v) is 3.65. The van der Waals surface area contributed by atoms with Crippen molar-refractivity contribution in [2.45, 2.75) is 25.6 Å². The number of carbonyl (C=O) groups is 1. The second kappa shape index (κ2) is 9.09. The van der Waals surface area contributed by atoms with Gasteiger partial charge >= 0.3 is 0 Å². The lowest BCUT2D eigenvalue weighted by Gasteiger charge is -2.34. The zero-order valence-corrected chi connectivity index (χ0v) is 16.7. The summed E-state index contributed by atoms with van der Waals surface area (Å²) in [7, 11) is 0. The summed E-state index contributed by atoms with van der Waals surface area (Å²) in [4.78, 5) is 25.8. The van der Waals surface area contributed by atoms with E-state index in [0.717, 1.165) is 45.1 Å². The number of hydrogen-bond acceptors (Lipinski definition) is 7. The minimum absolute atomic E-state index is 0.127. The van der Waals surface area contributed by atoms with Crippen LogP contribution in [0.3, 0.4) is 0 Å². The van der Waals surface area contributed by atoms with Gasteiger partial charge < -0.3 is 19.7 Å². The van der Waals surface area contributed by atoms with E-state index in [-0.39, 0.29) is 12.0 Å². The van der Waals surface area contributed by atoms with Crippen molar-refractivity contribution in [1.82, 2.24) is 20.2 Å². The van der Waals surface area contributed by atoms with E-state index >= 15 is 0 Å². The summed E-state index contributed by atoms with van der Waals surface area (Å²) in [5.74, 6) is 1.97. The molecule has 0 radical (unpaired) electrons. The summed E-state index contributed by atoms with van der Waals surface area (Å²) in [6.45, 7) is 7.20. The van der Waals surface area contributed by atoms with E-state index in [2.05, 4.69) is 25.1 Å². The van der Waals surface area contributed by atoms with Crippen molar-refractivity contribution in [3.8, 4) is 11.5 Å². The highest BCUT2D eigenvalue weighted by Gasteiger charge is 2.33. The lowest BCUT2D eigenvalue weighted by molar-refractivity contribution is -0.133. The van der Waals surface area contributed by atoms with Crippen LogP contribution in [0.1, 0.15) is 13.3 Å². The van der Waals surface area contributed by atoms with Crippen molar-refractivity contribution in [1.29, 1.82) is 0 Å². The molecule has 3 heterocycles. The van der Waals surface area contributed by atoms with Gasteiger partial charge in [-0.3, -0.25) is 9.69 Å². The Labute approximate surface area is 170 Å². The summed E-state index contributed by atoms with van der Waals surface area (Å²) in [5.41, 5.74) is 0. The third kappa shape index (κ3) is 4.76. The van der Waals surface area contributed by atoms with E-state index in [4.69, 9.17) is 9.47 Å². The molecule has 1 aromatic carbocycles. The monoisotopic (exact) mass is 397 g/mol. The van der Waals surface area contributed by atoms with Crippen LogP contribution >= 0.6 is 0 Å². The van der Waals surface area contributed by atoms with Gasteiger partial charge in [-0.2, -0.15) is 0 Å². The van der Waals surface area contributed by atoms with Gasteiger partial charge in [-0.1, -0.05) is 12.1 Å². The van der Waals surface area contributed by atoms with Crippen molar-refractivity contribution < 1.29 is 14.3 Å². The Morgan fingerprint density at radius 3 is 2.48 bits per heavy atom. The second-order valence-corrected chi connectivity index (χ2v) is 7.33. The van der Waals surface area contributed by atoms with Crippen molar-refractivity contribution in [2.75, 3.05) is 44.2 Å². The Hall–Kier alpha value is -2.87. The summed E-state index contributed by atoms with van der Waals surface area (Å²) in [5, 5.41) is 2.99. The van der Waals surface area contributed by atoms with Gasteiger partial charge in [0.2, 0.25) is 12.1 Å². The number of benzene rings is 1. The fraction of sp³-hybridized carbons (Fsp3) is 0.476. The summed E-state index contributed by atoms with van der Waals surface area (Å²) in [6.07, 6.45) is 3.50. The number of nitrogens with one attached hydrogen (secondary N) is 1. The number of ether oxygens (including phenoxy) is 2. The molecule has 8 nitrogen and oxygen atoms in total. The van der Waals surface area contributed by atoms with Gasteiger partial charge in [0.25, 0.3) is 5.91 Å². The minimum atomic E-state index is -0.626. The number of anilines is 1. The van der Waals surface area contributed by atoms with E-state index in [0.29, 0.717) is 18.0 Å². The summed E-state index contributed by atoms with van der Waals surface area (Å²) in [6, 6.07) is 9.27. The molecule has 0 aliphatic carbocycles. The van der Waals surface area contributed by atoms with E-state index in [1.54, 1.807) is 12.4 Å². The van der Waals surface area contributed by atoms with Gasteiger partial charge in [0, 0.05) is 45.1 Å². The Kier molecular flexibility index (Phi) is 6.09. The standard InChI is InChI=1S/C21H27N5O3/c1-16-19(29-18-7-3-2-6-17(18)28-16)20(27)22-10-5-11-25-12-14-26(15-13-25)21-23-8-4-9-24-21/h2-4,6-9,16,19H,5,10-15H2,1H3,(H,22,27). The second-order valence-electron chi connectivity index (χ2n) is 7.33. The van der Waals surface area contributed by atoms with Crippen LogP contribution in [0, 0.1) is 0 Å². The zero-order chi connectivity index (χ0) is 20.1. The molecule has 8 heteroatoms. The number of aromatic nitrogens is 2. The molecule has 0 bridgehead atoms. The number of hydrogen-bond donors (Lipinski definition) is 1. The number of para-hydroxylation sites is 2. The maximum atomic E-state index is 12.5. The van der Waals surface area contributed by atoms with Crippen LogP contribution in [0.4, 0.5) is 5.95 Å². The lowest BCUT2D eigenvalue weighted by atomic mass is 10.1. The minimum Gasteiger partial charge on any atom is -0.482 e. The van der Waals surface area contributed by atoms with Crippen molar-refractivity contribution in [3.63, 3.8) is 0 Å². The quantitative estimate of drug-likeness (QED) is 0.737. The van der Waals surface area contributed by atoms with Crippen LogP contribution in [-0.4, -0.2) is 72.3 Å². The predicted octanol–water partition coefficient (Wildman–Crippen LogP) is 1.33. The van der Waals surface area contributed by atoms with Crippen molar-refractivity contribution >= 4 is 11.9 Å². The predicted molar refractivity (Wildman–Crippen MR) is 109 cm³/mol. The van der Waals surface area contributed by atoms with Crippen LogP contribution < -0.4 is 19.7 Å². The number of carbonyl (C=O) groups excluding carboxylic acids is 1. The molecular formula is C21H27N5O3. The lowest BCUT2D eigenvalue weighted by Crippen LogP contribution is -2.50. The number of rotatable bonds is 6. The van der Waals surface area contributed by atoms with Gasteiger partial charge in [-0.15, -0.1) is 0 Å². The van der Waals surface area contributed by atoms with Crippen LogP contribution in [0.2, 0.25) is 0 Å². The normalized spacial score (nSPS) is 21.6. The molecule has 1 aromatic heterocycles. The molecule has 29 heavy (non-hydrogen) atoms.